The summed E-state index contributed by atoms with van der Waals surface area (Å²) in [5.74, 6) is 0.468. The molecule has 90 valence electrons. The Bertz CT molecular complexity index is 443. The summed E-state index contributed by atoms with van der Waals surface area (Å²) in [6.07, 6.45) is 1.41. The van der Waals surface area contributed by atoms with Gasteiger partial charge in [0.05, 0.1) is 4.90 Å². The van der Waals surface area contributed by atoms with E-state index in [1.165, 1.54) is 18.3 Å². The molecule has 1 heterocycles. The number of primary sulfonamides is 1. The molecule has 0 unspecified atom stereocenters. The van der Waals surface area contributed by atoms with Crippen molar-refractivity contribution in [3.63, 3.8) is 0 Å². The Morgan fingerprint density at radius 3 is 2.56 bits per heavy atom. The maximum Gasteiger partial charge on any atom is 0.238 e. The first-order valence-electron chi connectivity index (χ1n) is 4.97. The van der Waals surface area contributed by atoms with E-state index in [0.29, 0.717) is 5.82 Å². The molecule has 0 saturated heterocycles. The number of nitrogens with zero attached hydrogens (tertiary/aromatic N) is 2. The standard InChI is InChI=1S/C9H16N4O2S/c1-3-13(4-2)12-9-7-8(5-6-11-9)16(10,14)15/h5-7H,3-4H2,1-2H3,(H,11,12)(H2,10,14,15). The predicted molar refractivity (Wildman–Crippen MR) is 62.2 cm³/mol. The molecule has 0 spiro atoms. The molecule has 0 aromatic carbocycles. The normalized spacial score (nSPS) is 11.8. The van der Waals surface area contributed by atoms with Gasteiger partial charge in [-0.25, -0.2) is 23.5 Å². The molecule has 0 amide bonds. The van der Waals surface area contributed by atoms with Crippen LogP contribution >= 0.6 is 0 Å². The Balaban J connectivity index is 2.91. The number of rotatable bonds is 5. The highest BCUT2D eigenvalue weighted by molar-refractivity contribution is 7.89. The van der Waals surface area contributed by atoms with Crippen molar-refractivity contribution in [2.75, 3.05) is 18.5 Å². The average molecular weight is 244 g/mol. The topological polar surface area (TPSA) is 88.3 Å². The van der Waals surface area contributed by atoms with E-state index in [-0.39, 0.29) is 4.90 Å². The molecule has 1 aromatic rings. The lowest BCUT2D eigenvalue weighted by atomic mass is 10.5. The average Bonchev–Trinajstić information content (AvgIpc) is 2.25. The highest BCUT2D eigenvalue weighted by Crippen LogP contribution is 2.11. The summed E-state index contributed by atoms with van der Waals surface area (Å²) in [7, 11) is -3.67. The minimum atomic E-state index is -3.67. The minimum Gasteiger partial charge on any atom is -0.303 e. The van der Waals surface area contributed by atoms with Crippen LogP contribution in [-0.4, -0.2) is 31.5 Å². The van der Waals surface area contributed by atoms with Crippen LogP contribution in [0.5, 0.6) is 0 Å². The molecule has 0 fully saturated rings. The van der Waals surface area contributed by atoms with Gasteiger partial charge in [-0.2, -0.15) is 0 Å². The molecule has 6 nitrogen and oxygen atoms in total. The Labute approximate surface area is 95.5 Å². The third kappa shape index (κ3) is 3.44. The first-order valence-corrected chi connectivity index (χ1v) is 6.52. The number of anilines is 1. The van der Waals surface area contributed by atoms with Crippen LogP contribution in [0.1, 0.15) is 13.8 Å². The molecule has 1 aromatic heterocycles. The molecule has 0 saturated carbocycles. The smallest absolute Gasteiger partial charge is 0.238 e. The van der Waals surface area contributed by atoms with Crippen LogP contribution in [0.3, 0.4) is 0 Å². The molecular weight excluding hydrogens is 228 g/mol. The van der Waals surface area contributed by atoms with Crippen molar-refractivity contribution in [3.8, 4) is 0 Å². The monoisotopic (exact) mass is 244 g/mol. The summed E-state index contributed by atoms with van der Waals surface area (Å²) in [6.45, 7) is 5.55. The first kappa shape index (κ1) is 12.9. The van der Waals surface area contributed by atoms with Crippen LogP contribution in [0, 0.1) is 0 Å². The number of sulfonamides is 1. The van der Waals surface area contributed by atoms with Gasteiger partial charge in [-0.15, -0.1) is 0 Å². The van der Waals surface area contributed by atoms with Gasteiger partial charge in [-0.3, -0.25) is 0 Å². The van der Waals surface area contributed by atoms with E-state index in [1.807, 2.05) is 18.9 Å². The summed E-state index contributed by atoms with van der Waals surface area (Å²) in [4.78, 5) is 4.07. The van der Waals surface area contributed by atoms with E-state index in [2.05, 4.69) is 10.4 Å². The van der Waals surface area contributed by atoms with Crippen molar-refractivity contribution < 1.29 is 8.42 Å². The van der Waals surface area contributed by atoms with E-state index in [1.54, 1.807) is 0 Å². The largest absolute Gasteiger partial charge is 0.303 e. The molecule has 0 radical (unpaired) electrons. The van der Waals surface area contributed by atoms with Crippen LogP contribution in [0.4, 0.5) is 5.82 Å². The second-order valence-corrected chi connectivity index (χ2v) is 4.77. The Kier molecular flexibility index (Phi) is 4.22. The zero-order valence-electron chi connectivity index (χ0n) is 9.34. The van der Waals surface area contributed by atoms with Crippen molar-refractivity contribution >= 4 is 15.8 Å². The highest BCUT2D eigenvalue weighted by Gasteiger charge is 2.09. The van der Waals surface area contributed by atoms with Crippen molar-refractivity contribution in [2.24, 2.45) is 5.14 Å². The summed E-state index contributed by atoms with van der Waals surface area (Å²) < 4.78 is 22.2. The van der Waals surface area contributed by atoms with Gasteiger partial charge in [0.15, 0.2) is 0 Å². The van der Waals surface area contributed by atoms with Crippen molar-refractivity contribution in [2.45, 2.75) is 18.7 Å². The van der Waals surface area contributed by atoms with Crippen LogP contribution in [-0.2, 0) is 10.0 Å². The number of aromatic nitrogens is 1. The van der Waals surface area contributed by atoms with Gasteiger partial charge in [0.2, 0.25) is 10.0 Å². The van der Waals surface area contributed by atoms with E-state index in [0.717, 1.165) is 13.1 Å². The highest BCUT2D eigenvalue weighted by atomic mass is 32.2. The predicted octanol–water partition coefficient (Wildman–Crippen LogP) is 0.398. The molecule has 16 heavy (non-hydrogen) atoms. The van der Waals surface area contributed by atoms with E-state index in [9.17, 15) is 8.42 Å². The number of hydrazine groups is 1. The van der Waals surface area contributed by atoms with Gasteiger partial charge in [0.25, 0.3) is 0 Å². The van der Waals surface area contributed by atoms with E-state index in [4.69, 9.17) is 5.14 Å². The molecule has 0 aliphatic heterocycles. The molecule has 0 atom stereocenters. The Morgan fingerprint density at radius 2 is 2.06 bits per heavy atom. The van der Waals surface area contributed by atoms with Gasteiger partial charge in [-0.1, -0.05) is 13.8 Å². The number of nitrogens with two attached hydrogens (primary N) is 1. The van der Waals surface area contributed by atoms with Crippen LogP contribution in [0.2, 0.25) is 0 Å². The summed E-state index contributed by atoms with van der Waals surface area (Å²) in [5.41, 5.74) is 2.99. The van der Waals surface area contributed by atoms with Crippen LogP contribution in [0.25, 0.3) is 0 Å². The van der Waals surface area contributed by atoms with Gasteiger partial charge < -0.3 is 5.43 Å². The molecule has 7 heteroatoms. The zero-order chi connectivity index (χ0) is 12.2. The fourth-order valence-electron chi connectivity index (χ4n) is 1.19. The summed E-state index contributed by atoms with van der Waals surface area (Å²) in [5, 5.41) is 6.92. The second kappa shape index (κ2) is 5.24. The second-order valence-electron chi connectivity index (χ2n) is 3.21. The van der Waals surface area contributed by atoms with Gasteiger partial charge in [-0.05, 0) is 6.07 Å². The number of hydrogen-bond acceptors (Lipinski definition) is 5. The van der Waals surface area contributed by atoms with E-state index < -0.39 is 10.0 Å². The van der Waals surface area contributed by atoms with Gasteiger partial charge in [0.1, 0.15) is 5.82 Å². The SMILES string of the molecule is CCN(CC)Nc1cc(S(N)(=O)=O)ccn1. The third-order valence-electron chi connectivity index (χ3n) is 2.10. The maximum absolute atomic E-state index is 11.1. The third-order valence-corrected chi connectivity index (χ3v) is 3.01. The zero-order valence-corrected chi connectivity index (χ0v) is 10.2. The molecule has 0 aliphatic carbocycles. The van der Waals surface area contributed by atoms with E-state index >= 15 is 0 Å². The lowest BCUT2D eigenvalue weighted by molar-refractivity contribution is 0.365. The van der Waals surface area contributed by atoms with Crippen LogP contribution < -0.4 is 10.6 Å². The lowest BCUT2D eigenvalue weighted by Gasteiger charge is -2.19. The molecule has 0 aliphatic rings. The van der Waals surface area contributed by atoms with Gasteiger partial charge in [0, 0.05) is 25.4 Å². The van der Waals surface area contributed by atoms with Crippen LogP contribution in [0.15, 0.2) is 23.2 Å². The molecule has 1 rings (SSSR count). The lowest BCUT2D eigenvalue weighted by Crippen LogP contribution is -2.29. The fraction of sp³-hybridized carbons (Fsp3) is 0.444. The van der Waals surface area contributed by atoms with Crippen molar-refractivity contribution in [3.05, 3.63) is 18.3 Å². The quantitative estimate of drug-likeness (QED) is 0.732. The molecule has 3 N–H and O–H groups in total. The number of pyridine rings is 1. The number of nitrogens with one attached hydrogen (secondary N) is 1. The summed E-state index contributed by atoms with van der Waals surface area (Å²) >= 11 is 0. The minimum absolute atomic E-state index is 0.0529. The molecule has 0 bridgehead atoms. The maximum atomic E-state index is 11.1. The number of hydrogen-bond donors (Lipinski definition) is 2. The Hall–Kier alpha value is -1.18. The van der Waals surface area contributed by atoms with Crippen molar-refractivity contribution in [1.29, 1.82) is 0 Å². The van der Waals surface area contributed by atoms with Gasteiger partial charge >= 0.3 is 0 Å². The fourth-order valence-corrected chi connectivity index (χ4v) is 1.72. The summed E-state index contributed by atoms with van der Waals surface area (Å²) in [6, 6.07) is 2.77. The Morgan fingerprint density at radius 1 is 1.44 bits per heavy atom. The first-order chi connectivity index (χ1) is 7.47. The molecular formula is C9H16N4O2S. The van der Waals surface area contributed by atoms with Crippen molar-refractivity contribution in [1.82, 2.24) is 9.99 Å².